The van der Waals surface area contributed by atoms with Gasteiger partial charge in [-0.05, 0) is 30.0 Å². The zero-order valence-electron chi connectivity index (χ0n) is 7.82. The van der Waals surface area contributed by atoms with Gasteiger partial charge < -0.3 is 5.11 Å². The van der Waals surface area contributed by atoms with Crippen LogP contribution in [0.1, 0.15) is 30.4 Å². The SMILES string of the molecule is Cc1cnccc1C(C)CC(=O)O. The summed E-state index contributed by atoms with van der Waals surface area (Å²) >= 11 is 0. The Kier molecular flexibility index (Phi) is 3.01. The summed E-state index contributed by atoms with van der Waals surface area (Å²) in [5.41, 5.74) is 2.12. The lowest BCUT2D eigenvalue weighted by molar-refractivity contribution is -0.137. The molecule has 0 bridgehead atoms. The van der Waals surface area contributed by atoms with Crippen molar-refractivity contribution in [3.05, 3.63) is 29.6 Å². The van der Waals surface area contributed by atoms with Crippen molar-refractivity contribution in [1.29, 1.82) is 0 Å². The first-order chi connectivity index (χ1) is 6.11. The van der Waals surface area contributed by atoms with E-state index in [0.717, 1.165) is 11.1 Å². The highest BCUT2D eigenvalue weighted by molar-refractivity contribution is 5.68. The molecule has 0 radical (unpaired) electrons. The van der Waals surface area contributed by atoms with Gasteiger partial charge in [-0.15, -0.1) is 0 Å². The molecule has 0 aromatic carbocycles. The lowest BCUT2D eigenvalue weighted by Gasteiger charge is -2.11. The van der Waals surface area contributed by atoms with Gasteiger partial charge in [0.05, 0.1) is 6.42 Å². The average Bonchev–Trinajstić information content (AvgIpc) is 2.03. The quantitative estimate of drug-likeness (QED) is 0.771. The minimum absolute atomic E-state index is 0.0560. The summed E-state index contributed by atoms with van der Waals surface area (Å²) in [6.07, 6.45) is 3.62. The average molecular weight is 179 g/mol. The lowest BCUT2D eigenvalue weighted by Crippen LogP contribution is -2.04. The zero-order chi connectivity index (χ0) is 9.84. The maximum absolute atomic E-state index is 10.5. The Morgan fingerprint density at radius 3 is 2.92 bits per heavy atom. The van der Waals surface area contributed by atoms with Gasteiger partial charge in [-0.3, -0.25) is 9.78 Å². The van der Waals surface area contributed by atoms with Gasteiger partial charge in [0.15, 0.2) is 0 Å². The highest BCUT2D eigenvalue weighted by Crippen LogP contribution is 2.21. The van der Waals surface area contributed by atoms with Gasteiger partial charge in [0.1, 0.15) is 0 Å². The molecule has 0 fully saturated rings. The number of aliphatic carboxylic acids is 1. The van der Waals surface area contributed by atoms with Crippen molar-refractivity contribution in [3.8, 4) is 0 Å². The summed E-state index contributed by atoms with van der Waals surface area (Å²) in [6, 6.07) is 1.88. The summed E-state index contributed by atoms with van der Waals surface area (Å²) in [6.45, 7) is 3.86. The second-order valence-electron chi connectivity index (χ2n) is 3.23. The molecule has 0 aliphatic carbocycles. The minimum Gasteiger partial charge on any atom is -0.481 e. The van der Waals surface area contributed by atoms with E-state index in [1.165, 1.54) is 0 Å². The van der Waals surface area contributed by atoms with Crippen LogP contribution in [-0.4, -0.2) is 16.1 Å². The van der Waals surface area contributed by atoms with E-state index >= 15 is 0 Å². The number of hydrogen-bond acceptors (Lipinski definition) is 2. The third-order valence-electron chi connectivity index (χ3n) is 2.08. The maximum atomic E-state index is 10.5. The fourth-order valence-corrected chi connectivity index (χ4v) is 1.41. The normalized spacial score (nSPS) is 12.5. The summed E-state index contributed by atoms with van der Waals surface area (Å²) in [4.78, 5) is 14.4. The third-order valence-corrected chi connectivity index (χ3v) is 2.08. The number of nitrogens with zero attached hydrogens (tertiary/aromatic N) is 1. The van der Waals surface area contributed by atoms with Crippen LogP contribution in [-0.2, 0) is 4.79 Å². The third kappa shape index (κ3) is 2.54. The van der Waals surface area contributed by atoms with Crippen LogP contribution < -0.4 is 0 Å². The standard InChI is InChI=1S/C10H13NO2/c1-7(5-10(12)13)9-3-4-11-6-8(9)2/h3-4,6-7H,5H2,1-2H3,(H,12,13). The van der Waals surface area contributed by atoms with Gasteiger partial charge in [-0.2, -0.15) is 0 Å². The van der Waals surface area contributed by atoms with Crippen molar-refractivity contribution in [3.63, 3.8) is 0 Å². The van der Waals surface area contributed by atoms with Gasteiger partial charge in [0.2, 0.25) is 0 Å². The number of pyridine rings is 1. The molecule has 1 atom stereocenters. The Balaban J connectivity index is 2.82. The lowest BCUT2D eigenvalue weighted by atomic mass is 9.95. The molecule has 3 heteroatoms. The maximum Gasteiger partial charge on any atom is 0.303 e. The second-order valence-corrected chi connectivity index (χ2v) is 3.23. The van der Waals surface area contributed by atoms with Crippen LogP contribution in [0.4, 0.5) is 0 Å². The van der Waals surface area contributed by atoms with Crippen molar-refractivity contribution < 1.29 is 9.90 Å². The van der Waals surface area contributed by atoms with E-state index in [-0.39, 0.29) is 12.3 Å². The largest absolute Gasteiger partial charge is 0.481 e. The van der Waals surface area contributed by atoms with E-state index in [9.17, 15) is 4.79 Å². The molecule has 70 valence electrons. The molecule has 1 N–H and O–H groups in total. The number of carbonyl (C=O) groups is 1. The van der Waals surface area contributed by atoms with Gasteiger partial charge >= 0.3 is 5.97 Å². The first-order valence-corrected chi connectivity index (χ1v) is 4.23. The summed E-state index contributed by atoms with van der Waals surface area (Å²) < 4.78 is 0. The van der Waals surface area contributed by atoms with E-state index in [1.807, 2.05) is 19.9 Å². The molecule has 0 aliphatic rings. The Morgan fingerprint density at radius 2 is 2.38 bits per heavy atom. The van der Waals surface area contributed by atoms with Gasteiger partial charge in [-0.1, -0.05) is 6.92 Å². The smallest absolute Gasteiger partial charge is 0.303 e. The van der Waals surface area contributed by atoms with Crippen molar-refractivity contribution >= 4 is 5.97 Å². The zero-order valence-corrected chi connectivity index (χ0v) is 7.82. The number of hydrogen-bond donors (Lipinski definition) is 1. The van der Waals surface area contributed by atoms with Gasteiger partial charge in [0.25, 0.3) is 0 Å². The fourth-order valence-electron chi connectivity index (χ4n) is 1.41. The van der Waals surface area contributed by atoms with E-state index < -0.39 is 5.97 Å². The molecule has 3 nitrogen and oxygen atoms in total. The van der Waals surface area contributed by atoms with Crippen LogP contribution >= 0.6 is 0 Å². The number of aromatic nitrogens is 1. The molecule has 1 unspecified atom stereocenters. The van der Waals surface area contributed by atoms with Crippen LogP contribution in [0.15, 0.2) is 18.5 Å². The second kappa shape index (κ2) is 4.03. The molecule has 1 rings (SSSR count). The number of carboxylic acid groups (broad SMARTS) is 1. The summed E-state index contributed by atoms with van der Waals surface area (Å²) in [5, 5.41) is 8.62. The Hall–Kier alpha value is -1.38. The molecular formula is C10H13NO2. The molecule has 1 aromatic rings. The Labute approximate surface area is 77.4 Å². The Bertz CT molecular complexity index is 310. The molecule has 1 aromatic heterocycles. The van der Waals surface area contributed by atoms with Crippen LogP contribution in [0.25, 0.3) is 0 Å². The van der Waals surface area contributed by atoms with Crippen molar-refractivity contribution in [2.24, 2.45) is 0 Å². The number of rotatable bonds is 3. The van der Waals surface area contributed by atoms with Gasteiger partial charge in [0, 0.05) is 12.4 Å². The Morgan fingerprint density at radius 1 is 1.69 bits per heavy atom. The molecule has 0 saturated carbocycles. The van der Waals surface area contributed by atoms with Crippen molar-refractivity contribution in [2.75, 3.05) is 0 Å². The van der Waals surface area contributed by atoms with Crippen LogP contribution in [0.3, 0.4) is 0 Å². The molecular weight excluding hydrogens is 166 g/mol. The van der Waals surface area contributed by atoms with Crippen LogP contribution in [0.5, 0.6) is 0 Å². The monoisotopic (exact) mass is 179 g/mol. The highest BCUT2D eigenvalue weighted by atomic mass is 16.4. The van der Waals surface area contributed by atoms with E-state index in [1.54, 1.807) is 12.4 Å². The van der Waals surface area contributed by atoms with Gasteiger partial charge in [-0.25, -0.2) is 0 Å². The molecule has 0 spiro atoms. The first kappa shape index (κ1) is 9.71. The van der Waals surface area contributed by atoms with E-state index in [2.05, 4.69) is 4.98 Å². The number of aryl methyl sites for hydroxylation is 1. The molecule has 0 saturated heterocycles. The van der Waals surface area contributed by atoms with E-state index in [0.29, 0.717) is 0 Å². The number of carboxylic acids is 1. The van der Waals surface area contributed by atoms with Crippen LogP contribution in [0.2, 0.25) is 0 Å². The van der Waals surface area contributed by atoms with E-state index in [4.69, 9.17) is 5.11 Å². The fraction of sp³-hybridized carbons (Fsp3) is 0.400. The summed E-state index contributed by atoms with van der Waals surface area (Å²) in [5.74, 6) is -0.704. The van der Waals surface area contributed by atoms with Crippen LogP contribution in [0, 0.1) is 6.92 Å². The minimum atomic E-state index is -0.760. The molecule has 13 heavy (non-hydrogen) atoms. The predicted molar refractivity (Wildman–Crippen MR) is 49.6 cm³/mol. The summed E-state index contributed by atoms with van der Waals surface area (Å²) in [7, 11) is 0. The van der Waals surface area contributed by atoms with Crippen molar-refractivity contribution in [1.82, 2.24) is 4.98 Å². The molecule has 0 aliphatic heterocycles. The first-order valence-electron chi connectivity index (χ1n) is 4.23. The van der Waals surface area contributed by atoms with Crippen molar-refractivity contribution in [2.45, 2.75) is 26.2 Å². The molecule has 0 amide bonds. The topological polar surface area (TPSA) is 50.2 Å². The molecule has 1 heterocycles. The predicted octanol–water partition coefficient (Wildman–Crippen LogP) is 1.97. The highest BCUT2D eigenvalue weighted by Gasteiger charge is 2.11.